The summed E-state index contributed by atoms with van der Waals surface area (Å²) >= 11 is 3.40. The van der Waals surface area contributed by atoms with E-state index in [9.17, 15) is 5.11 Å². The first kappa shape index (κ1) is 13.2. The molecule has 0 fully saturated rings. The number of nitrogens with zero attached hydrogens (tertiary/aromatic N) is 1. The lowest BCUT2D eigenvalue weighted by Gasteiger charge is -2.10. The van der Waals surface area contributed by atoms with Gasteiger partial charge in [-0.3, -0.25) is 4.98 Å². The van der Waals surface area contributed by atoms with Crippen molar-refractivity contribution in [3.8, 4) is 0 Å². The van der Waals surface area contributed by atoms with E-state index in [0.717, 1.165) is 28.6 Å². The van der Waals surface area contributed by atoms with Crippen LogP contribution in [0.5, 0.6) is 0 Å². The molecule has 1 atom stereocenters. The molecule has 0 saturated carbocycles. The third-order valence-corrected chi connectivity index (χ3v) is 3.37. The van der Waals surface area contributed by atoms with E-state index in [0.29, 0.717) is 6.42 Å². The molecule has 3 heteroatoms. The van der Waals surface area contributed by atoms with Crippen molar-refractivity contribution in [3.05, 3.63) is 64.4 Å². The van der Waals surface area contributed by atoms with Gasteiger partial charge in [0, 0.05) is 16.4 Å². The minimum absolute atomic E-state index is 0.312. The Kier molecular flexibility index (Phi) is 4.90. The first-order chi connectivity index (χ1) is 8.74. The number of hydrogen-bond donors (Lipinski definition) is 1. The van der Waals surface area contributed by atoms with Crippen molar-refractivity contribution in [2.24, 2.45) is 0 Å². The van der Waals surface area contributed by atoms with Crippen LogP contribution in [0.15, 0.2) is 53.1 Å². The molecule has 0 spiro atoms. The number of aliphatic hydroxyl groups excluding tert-OH is 1. The second kappa shape index (κ2) is 6.66. The highest BCUT2D eigenvalue weighted by Gasteiger charge is 2.06. The summed E-state index contributed by atoms with van der Waals surface area (Å²) < 4.78 is 1.06. The van der Waals surface area contributed by atoms with E-state index in [-0.39, 0.29) is 6.10 Å². The lowest BCUT2D eigenvalue weighted by atomic mass is 10.0. The Morgan fingerprint density at radius 3 is 2.56 bits per heavy atom. The summed E-state index contributed by atoms with van der Waals surface area (Å²) in [6, 6.07) is 13.9. The molecule has 0 aliphatic rings. The van der Waals surface area contributed by atoms with Gasteiger partial charge in [0.15, 0.2) is 0 Å². The Labute approximate surface area is 116 Å². The summed E-state index contributed by atoms with van der Waals surface area (Å²) in [4.78, 5) is 4.25. The quantitative estimate of drug-likeness (QED) is 0.918. The third kappa shape index (κ3) is 4.24. The van der Waals surface area contributed by atoms with Gasteiger partial charge in [-0.05, 0) is 49.1 Å². The molecule has 0 bridgehead atoms. The highest BCUT2D eigenvalue weighted by molar-refractivity contribution is 9.10. The topological polar surface area (TPSA) is 33.1 Å². The number of pyridine rings is 1. The number of aromatic nitrogens is 1. The fraction of sp³-hybridized carbons (Fsp3) is 0.267. The normalized spacial score (nSPS) is 12.3. The molecule has 0 saturated heterocycles. The molecule has 18 heavy (non-hydrogen) atoms. The standard InChI is InChI=1S/C15H16BrNO/c16-13-6-4-12(5-7-13)11-15(18)9-8-14-3-1-2-10-17-14/h1-7,10,15,18H,8-9,11H2. The van der Waals surface area contributed by atoms with Gasteiger partial charge in [0.2, 0.25) is 0 Å². The van der Waals surface area contributed by atoms with Gasteiger partial charge >= 0.3 is 0 Å². The number of aryl methyl sites for hydroxylation is 1. The van der Waals surface area contributed by atoms with Gasteiger partial charge in [0.05, 0.1) is 6.10 Å². The van der Waals surface area contributed by atoms with Crippen molar-refractivity contribution < 1.29 is 5.11 Å². The van der Waals surface area contributed by atoms with Crippen molar-refractivity contribution >= 4 is 15.9 Å². The van der Waals surface area contributed by atoms with Crippen LogP contribution in [0.2, 0.25) is 0 Å². The SMILES string of the molecule is OC(CCc1ccccn1)Cc1ccc(Br)cc1. The lowest BCUT2D eigenvalue weighted by Crippen LogP contribution is -2.11. The molecule has 94 valence electrons. The number of aliphatic hydroxyl groups is 1. The molecule has 1 N–H and O–H groups in total. The second-order valence-electron chi connectivity index (χ2n) is 4.34. The van der Waals surface area contributed by atoms with E-state index in [1.807, 2.05) is 42.5 Å². The van der Waals surface area contributed by atoms with Crippen molar-refractivity contribution in [2.75, 3.05) is 0 Å². The summed E-state index contributed by atoms with van der Waals surface area (Å²) in [7, 11) is 0. The van der Waals surface area contributed by atoms with Crippen LogP contribution < -0.4 is 0 Å². The molecule has 0 amide bonds. The van der Waals surface area contributed by atoms with Crippen LogP contribution in [0, 0.1) is 0 Å². The zero-order chi connectivity index (χ0) is 12.8. The van der Waals surface area contributed by atoms with Crippen LogP contribution in [-0.2, 0) is 12.8 Å². The van der Waals surface area contributed by atoms with Crippen LogP contribution in [0.4, 0.5) is 0 Å². The van der Waals surface area contributed by atoms with Gasteiger partial charge in [-0.1, -0.05) is 34.1 Å². The van der Waals surface area contributed by atoms with Crippen molar-refractivity contribution in [3.63, 3.8) is 0 Å². The number of benzene rings is 1. The van der Waals surface area contributed by atoms with E-state index in [4.69, 9.17) is 0 Å². The average Bonchev–Trinajstić information content (AvgIpc) is 2.40. The largest absolute Gasteiger partial charge is 0.393 e. The van der Waals surface area contributed by atoms with E-state index in [2.05, 4.69) is 20.9 Å². The molecule has 0 aliphatic carbocycles. The van der Waals surface area contributed by atoms with E-state index >= 15 is 0 Å². The highest BCUT2D eigenvalue weighted by atomic mass is 79.9. The maximum Gasteiger partial charge on any atom is 0.0584 e. The van der Waals surface area contributed by atoms with Gasteiger partial charge in [-0.25, -0.2) is 0 Å². The summed E-state index contributed by atoms with van der Waals surface area (Å²) in [6.07, 6.45) is 3.73. The summed E-state index contributed by atoms with van der Waals surface area (Å²) in [5.74, 6) is 0. The summed E-state index contributed by atoms with van der Waals surface area (Å²) in [5, 5.41) is 9.99. The van der Waals surface area contributed by atoms with E-state index < -0.39 is 0 Å². The van der Waals surface area contributed by atoms with Gasteiger partial charge in [-0.15, -0.1) is 0 Å². The molecular weight excluding hydrogens is 290 g/mol. The molecule has 1 aromatic heterocycles. The first-order valence-electron chi connectivity index (χ1n) is 6.06. The van der Waals surface area contributed by atoms with Crippen molar-refractivity contribution in [1.82, 2.24) is 4.98 Å². The zero-order valence-electron chi connectivity index (χ0n) is 10.1. The molecule has 0 radical (unpaired) electrons. The van der Waals surface area contributed by atoms with Crippen LogP contribution in [0.3, 0.4) is 0 Å². The maximum absolute atomic E-state index is 9.99. The number of halogens is 1. The maximum atomic E-state index is 9.99. The van der Waals surface area contributed by atoms with Gasteiger partial charge in [0.25, 0.3) is 0 Å². The zero-order valence-corrected chi connectivity index (χ0v) is 11.7. The molecule has 1 aromatic carbocycles. The fourth-order valence-corrected chi connectivity index (χ4v) is 2.12. The van der Waals surface area contributed by atoms with Crippen LogP contribution >= 0.6 is 15.9 Å². The predicted molar refractivity (Wildman–Crippen MR) is 76.4 cm³/mol. The second-order valence-corrected chi connectivity index (χ2v) is 5.26. The minimum Gasteiger partial charge on any atom is -0.393 e. The molecule has 0 aliphatic heterocycles. The van der Waals surface area contributed by atoms with Crippen LogP contribution in [-0.4, -0.2) is 16.2 Å². The van der Waals surface area contributed by atoms with E-state index in [1.165, 1.54) is 0 Å². The first-order valence-corrected chi connectivity index (χ1v) is 6.86. The van der Waals surface area contributed by atoms with Crippen LogP contribution in [0.25, 0.3) is 0 Å². The van der Waals surface area contributed by atoms with Gasteiger partial charge in [-0.2, -0.15) is 0 Å². The van der Waals surface area contributed by atoms with Gasteiger partial charge in [0.1, 0.15) is 0 Å². The molecule has 1 heterocycles. The fourth-order valence-electron chi connectivity index (χ4n) is 1.86. The Morgan fingerprint density at radius 1 is 1.11 bits per heavy atom. The number of hydrogen-bond acceptors (Lipinski definition) is 2. The molecule has 2 rings (SSSR count). The molecule has 1 unspecified atom stereocenters. The Balaban J connectivity index is 1.82. The summed E-state index contributed by atoms with van der Waals surface area (Å²) in [5.41, 5.74) is 2.19. The Bertz CT molecular complexity index is 470. The Morgan fingerprint density at radius 2 is 1.89 bits per heavy atom. The monoisotopic (exact) mass is 305 g/mol. The summed E-state index contributed by atoms with van der Waals surface area (Å²) in [6.45, 7) is 0. The van der Waals surface area contributed by atoms with Crippen LogP contribution in [0.1, 0.15) is 17.7 Å². The Hall–Kier alpha value is -1.19. The number of rotatable bonds is 5. The smallest absolute Gasteiger partial charge is 0.0584 e. The third-order valence-electron chi connectivity index (χ3n) is 2.84. The van der Waals surface area contributed by atoms with E-state index in [1.54, 1.807) is 6.20 Å². The molecular formula is C15H16BrNO. The highest BCUT2D eigenvalue weighted by Crippen LogP contribution is 2.13. The molecule has 2 nitrogen and oxygen atoms in total. The van der Waals surface area contributed by atoms with Crippen molar-refractivity contribution in [2.45, 2.75) is 25.4 Å². The lowest BCUT2D eigenvalue weighted by molar-refractivity contribution is 0.165. The van der Waals surface area contributed by atoms with Crippen molar-refractivity contribution in [1.29, 1.82) is 0 Å². The predicted octanol–water partition coefficient (Wildman–Crippen LogP) is 3.38. The minimum atomic E-state index is -0.312. The average molecular weight is 306 g/mol. The molecule has 2 aromatic rings. The van der Waals surface area contributed by atoms with Gasteiger partial charge < -0.3 is 5.11 Å².